The van der Waals surface area contributed by atoms with E-state index < -0.39 is 0 Å². The molecule has 0 fully saturated rings. The van der Waals surface area contributed by atoms with Crippen LogP contribution in [0.5, 0.6) is 11.5 Å². The second kappa shape index (κ2) is 13.1. The van der Waals surface area contributed by atoms with Gasteiger partial charge in [-0.15, -0.1) is 24.0 Å². The van der Waals surface area contributed by atoms with Crippen molar-refractivity contribution in [1.82, 2.24) is 15.2 Å². The van der Waals surface area contributed by atoms with Gasteiger partial charge in [-0.1, -0.05) is 12.1 Å². The average Bonchev–Trinajstić information content (AvgIpc) is 2.74. The summed E-state index contributed by atoms with van der Waals surface area (Å²) >= 11 is 0. The Morgan fingerprint density at radius 3 is 2.47 bits per heavy atom. The molecule has 166 valence electrons. The van der Waals surface area contributed by atoms with Crippen molar-refractivity contribution in [1.29, 1.82) is 0 Å². The summed E-state index contributed by atoms with van der Waals surface area (Å²) in [5.41, 5.74) is 2.29. The van der Waals surface area contributed by atoms with E-state index in [1.807, 2.05) is 43.4 Å². The summed E-state index contributed by atoms with van der Waals surface area (Å²) in [7, 11) is 9.35. The van der Waals surface area contributed by atoms with E-state index in [2.05, 4.69) is 41.3 Å². The van der Waals surface area contributed by atoms with Crippen LogP contribution < -0.4 is 19.7 Å². The van der Waals surface area contributed by atoms with E-state index >= 15 is 0 Å². The number of benzene rings is 1. The Labute approximate surface area is 197 Å². The topological polar surface area (TPSA) is 62.2 Å². The van der Waals surface area contributed by atoms with Crippen molar-refractivity contribution in [3.8, 4) is 11.5 Å². The maximum atomic E-state index is 5.40. The molecule has 0 amide bonds. The van der Waals surface area contributed by atoms with Crippen LogP contribution in [0.15, 0.2) is 41.5 Å². The van der Waals surface area contributed by atoms with E-state index in [0.29, 0.717) is 6.54 Å². The van der Waals surface area contributed by atoms with Crippen molar-refractivity contribution in [3.63, 3.8) is 0 Å². The zero-order valence-electron chi connectivity index (χ0n) is 18.8. The Balaban J connectivity index is 0.00000450. The first-order valence-electron chi connectivity index (χ1n) is 9.81. The van der Waals surface area contributed by atoms with Gasteiger partial charge in [0, 0.05) is 46.0 Å². The van der Waals surface area contributed by atoms with Crippen molar-refractivity contribution in [2.45, 2.75) is 19.9 Å². The lowest BCUT2D eigenvalue weighted by Gasteiger charge is -2.23. The third-order valence-electron chi connectivity index (χ3n) is 4.57. The SMILES string of the molecule is CCNC(=NCc1cccnc1N(C)C)N(C)CCc1ccc(OC)c(OC)c1.I. The number of hydrogen-bond donors (Lipinski definition) is 1. The average molecular weight is 527 g/mol. The molecule has 1 aromatic carbocycles. The number of methoxy groups -OCH3 is 2. The summed E-state index contributed by atoms with van der Waals surface area (Å²) < 4.78 is 10.7. The van der Waals surface area contributed by atoms with E-state index in [-0.39, 0.29) is 24.0 Å². The molecular formula is C22H34IN5O2. The van der Waals surface area contributed by atoms with Gasteiger partial charge in [-0.05, 0) is 37.1 Å². The molecule has 0 unspecified atom stereocenters. The lowest BCUT2D eigenvalue weighted by atomic mass is 10.1. The molecule has 0 saturated heterocycles. The van der Waals surface area contributed by atoms with Crippen LogP contribution >= 0.6 is 24.0 Å². The Morgan fingerprint density at radius 2 is 1.83 bits per heavy atom. The van der Waals surface area contributed by atoms with Gasteiger partial charge in [0.25, 0.3) is 0 Å². The van der Waals surface area contributed by atoms with Gasteiger partial charge in [0.1, 0.15) is 5.82 Å². The van der Waals surface area contributed by atoms with Crippen molar-refractivity contribution in [2.75, 3.05) is 53.4 Å². The van der Waals surface area contributed by atoms with Gasteiger partial charge >= 0.3 is 0 Å². The summed E-state index contributed by atoms with van der Waals surface area (Å²) in [5.74, 6) is 3.32. The molecule has 8 heteroatoms. The number of rotatable bonds is 9. The highest BCUT2D eigenvalue weighted by atomic mass is 127. The highest BCUT2D eigenvalue weighted by molar-refractivity contribution is 14.0. The molecule has 0 bridgehead atoms. The molecule has 1 aromatic heterocycles. The second-order valence-corrected chi connectivity index (χ2v) is 6.91. The summed E-state index contributed by atoms with van der Waals surface area (Å²) in [4.78, 5) is 13.4. The number of ether oxygens (including phenoxy) is 2. The molecule has 1 heterocycles. The Kier molecular flexibility index (Phi) is 11.3. The fraction of sp³-hybridized carbons (Fsp3) is 0.455. The number of guanidine groups is 1. The van der Waals surface area contributed by atoms with Gasteiger partial charge in [0.15, 0.2) is 17.5 Å². The maximum absolute atomic E-state index is 5.40. The molecular weight excluding hydrogens is 493 g/mol. The van der Waals surface area contributed by atoms with Crippen LogP contribution in [-0.4, -0.2) is 64.3 Å². The first-order chi connectivity index (χ1) is 14.0. The van der Waals surface area contributed by atoms with Crippen LogP contribution in [0.3, 0.4) is 0 Å². The van der Waals surface area contributed by atoms with Gasteiger partial charge in [-0.3, -0.25) is 0 Å². The second-order valence-electron chi connectivity index (χ2n) is 6.91. The maximum Gasteiger partial charge on any atom is 0.193 e. The minimum atomic E-state index is 0. The van der Waals surface area contributed by atoms with Gasteiger partial charge in [0.05, 0.1) is 20.8 Å². The third kappa shape index (κ3) is 7.23. The van der Waals surface area contributed by atoms with E-state index in [1.165, 1.54) is 5.56 Å². The largest absolute Gasteiger partial charge is 0.493 e. The highest BCUT2D eigenvalue weighted by Crippen LogP contribution is 2.27. The van der Waals surface area contributed by atoms with Crippen LogP contribution in [0.2, 0.25) is 0 Å². The van der Waals surface area contributed by atoms with Gasteiger partial charge in [0.2, 0.25) is 0 Å². The standard InChI is InChI=1S/C22H33N5O2.HI/c1-7-23-22(25-16-18-9-8-13-24-21(18)26(2)3)27(4)14-12-17-10-11-19(28-5)20(15-17)29-6;/h8-11,13,15H,7,12,14,16H2,1-6H3,(H,23,25);1H. The first-order valence-corrected chi connectivity index (χ1v) is 9.81. The predicted octanol–water partition coefficient (Wildman–Crippen LogP) is 3.42. The normalized spacial score (nSPS) is 10.8. The molecule has 0 radical (unpaired) electrons. The van der Waals surface area contributed by atoms with Crippen molar-refractivity contribution < 1.29 is 9.47 Å². The molecule has 1 N–H and O–H groups in total. The number of likely N-dealkylation sites (N-methyl/N-ethyl adjacent to an activating group) is 1. The van der Waals surface area contributed by atoms with Gasteiger partial charge in [-0.25, -0.2) is 9.98 Å². The predicted molar refractivity (Wildman–Crippen MR) is 135 cm³/mol. The van der Waals surface area contributed by atoms with Crippen molar-refractivity contribution >= 4 is 35.8 Å². The van der Waals surface area contributed by atoms with E-state index in [4.69, 9.17) is 14.5 Å². The van der Waals surface area contributed by atoms with Crippen LogP contribution in [0, 0.1) is 0 Å². The number of pyridine rings is 1. The first kappa shape index (κ1) is 25.8. The Bertz CT molecular complexity index is 814. The summed E-state index contributed by atoms with van der Waals surface area (Å²) in [6.45, 7) is 4.29. The third-order valence-corrected chi connectivity index (χ3v) is 4.57. The lowest BCUT2D eigenvalue weighted by molar-refractivity contribution is 0.354. The van der Waals surface area contributed by atoms with Crippen LogP contribution in [-0.2, 0) is 13.0 Å². The molecule has 2 aromatic rings. The number of halogens is 1. The Hall–Kier alpha value is -2.23. The summed E-state index contributed by atoms with van der Waals surface area (Å²) in [5, 5.41) is 3.38. The summed E-state index contributed by atoms with van der Waals surface area (Å²) in [6, 6.07) is 10.1. The zero-order valence-corrected chi connectivity index (χ0v) is 21.1. The molecule has 2 rings (SSSR count). The van der Waals surface area contributed by atoms with E-state index in [0.717, 1.165) is 48.4 Å². The highest BCUT2D eigenvalue weighted by Gasteiger charge is 2.10. The number of anilines is 1. The quantitative estimate of drug-likeness (QED) is 0.307. The number of hydrogen-bond acceptors (Lipinski definition) is 5. The number of nitrogens with one attached hydrogen (secondary N) is 1. The van der Waals surface area contributed by atoms with Gasteiger partial charge < -0.3 is 24.6 Å². The molecule has 0 aliphatic rings. The fourth-order valence-electron chi connectivity index (χ4n) is 3.02. The van der Waals surface area contributed by atoms with Crippen molar-refractivity contribution in [2.24, 2.45) is 4.99 Å². The lowest BCUT2D eigenvalue weighted by Crippen LogP contribution is -2.40. The minimum absolute atomic E-state index is 0. The molecule has 7 nitrogen and oxygen atoms in total. The van der Waals surface area contributed by atoms with E-state index in [1.54, 1.807) is 14.2 Å². The monoisotopic (exact) mass is 527 g/mol. The molecule has 0 aliphatic carbocycles. The van der Waals surface area contributed by atoms with Crippen LogP contribution in [0.25, 0.3) is 0 Å². The number of aliphatic imine (C=N–C) groups is 1. The van der Waals surface area contributed by atoms with Crippen molar-refractivity contribution in [3.05, 3.63) is 47.7 Å². The molecule has 30 heavy (non-hydrogen) atoms. The summed E-state index contributed by atoms with van der Waals surface area (Å²) in [6.07, 6.45) is 2.68. The fourth-order valence-corrected chi connectivity index (χ4v) is 3.02. The number of aromatic nitrogens is 1. The van der Waals surface area contributed by atoms with Crippen LogP contribution in [0.4, 0.5) is 5.82 Å². The van der Waals surface area contributed by atoms with E-state index in [9.17, 15) is 0 Å². The number of nitrogens with zero attached hydrogens (tertiary/aromatic N) is 4. The molecule has 0 spiro atoms. The molecule has 0 atom stereocenters. The van der Waals surface area contributed by atoms with Crippen LogP contribution in [0.1, 0.15) is 18.1 Å². The Morgan fingerprint density at radius 1 is 1.10 bits per heavy atom. The smallest absolute Gasteiger partial charge is 0.193 e. The zero-order chi connectivity index (χ0) is 21.2. The minimum Gasteiger partial charge on any atom is -0.493 e. The molecule has 0 saturated carbocycles. The van der Waals surface area contributed by atoms with Gasteiger partial charge in [-0.2, -0.15) is 0 Å². The molecule has 0 aliphatic heterocycles.